The molecular formula is C16H24N2O. The van der Waals surface area contributed by atoms with Gasteiger partial charge in [0.15, 0.2) is 0 Å². The van der Waals surface area contributed by atoms with E-state index in [1.54, 1.807) is 7.11 Å². The molecule has 0 aromatic heterocycles. The number of rotatable bonds is 6. The number of hydrazone groups is 1. The molecule has 3 nitrogen and oxygen atoms in total. The van der Waals surface area contributed by atoms with Crippen LogP contribution >= 0.6 is 0 Å². The Kier molecular flexibility index (Phi) is 5.40. The molecule has 0 unspecified atom stereocenters. The van der Waals surface area contributed by atoms with Crippen LogP contribution in [0, 0.1) is 5.92 Å². The largest absolute Gasteiger partial charge is 0.382 e. The molecule has 1 fully saturated rings. The summed E-state index contributed by atoms with van der Waals surface area (Å²) in [5.74, 6) is 0.464. The molecule has 0 amide bonds. The van der Waals surface area contributed by atoms with Crippen molar-refractivity contribution in [3.63, 3.8) is 0 Å². The highest BCUT2D eigenvalue weighted by Gasteiger charge is 2.22. The topological polar surface area (TPSA) is 24.8 Å². The summed E-state index contributed by atoms with van der Waals surface area (Å²) in [5, 5.41) is 6.83. The highest BCUT2D eigenvalue weighted by Crippen LogP contribution is 2.17. The van der Waals surface area contributed by atoms with E-state index in [0.717, 1.165) is 19.6 Å². The van der Waals surface area contributed by atoms with Crippen molar-refractivity contribution < 1.29 is 4.74 Å². The summed E-state index contributed by atoms with van der Waals surface area (Å²) < 4.78 is 5.24. The quantitative estimate of drug-likeness (QED) is 0.735. The third-order valence-electron chi connectivity index (χ3n) is 3.58. The molecule has 1 aromatic rings. The molecule has 2 atom stereocenters. The van der Waals surface area contributed by atoms with Crippen LogP contribution in [0.15, 0.2) is 35.4 Å². The molecule has 1 aromatic carbocycles. The SMILES string of the molecule is COC[C@@H]1CCCN1/N=C/[C@@H](C)Cc1ccccc1. The summed E-state index contributed by atoms with van der Waals surface area (Å²) in [7, 11) is 1.76. The van der Waals surface area contributed by atoms with E-state index in [1.165, 1.54) is 18.4 Å². The Morgan fingerprint density at radius 1 is 1.42 bits per heavy atom. The van der Waals surface area contributed by atoms with Crippen LogP contribution in [0.5, 0.6) is 0 Å². The predicted octanol–water partition coefficient (Wildman–Crippen LogP) is 2.96. The van der Waals surface area contributed by atoms with Gasteiger partial charge in [-0.2, -0.15) is 5.10 Å². The Morgan fingerprint density at radius 2 is 2.21 bits per heavy atom. The fraction of sp³-hybridized carbons (Fsp3) is 0.562. The highest BCUT2D eigenvalue weighted by atomic mass is 16.5. The van der Waals surface area contributed by atoms with Gasteiger partial charge in [-0.05, 0) is 30.7 Å². The Morgan fingerprint density at radius 3 is 2.95 bits per heavy atom. The molecule has 0 N–H and O–H groups in total. The second-order valence-corrected chi connectivity index (χ2v) is 5.35. The van der Waals surface area contributed by atoms with Gasteiger partial charge in [-0.15, -0.1) is 0 Å². The summed E-state index contributed by atoms with van der Waals surface area (Å²) in [5.41, 5.74) is 1.37. The van der Waals surface area contributed by atoms with Crippen molar-refractivity contribution in [3.05, 3.63) is 35.9 Å². The van der Waals surface area contributed by atoms with E-state index in [9.17, 15) is 0 Å². The molecule has 0 saturated carbocycles. The van der Waals surface area contributed by atoms with E-state index < -0.39 is 0 Å². The van der Waals surface area contributed by atoms with Gasteiger partial charge in [0.25, 0.3) is 0 Å². The standard InChI is InChI=1S/C16H24N2O/c1-14(11-15-7-4-3-5-8-15)12-17-18-10-6-9-16(18)13-19-2/h3-5,7-8,12,14,16H,6,9-11,13H2,1-2H3/b17-12+/t14-,16-/m0/s1. The lowest BCUT2D eigenvalue weighted by molar-refractivity contribution is 0.118. The van der Waals surface area contributed by atoms with Crippen molar-refractivity contribution in [2.75, 3.05) is 20.3 Å². The Hall–Kier alpha value is -1.35. The first-order chi connectivity index (χ1) is 9.29. The van der Waals surface area contributed by atoms with Gasteiger partial charge in [-0.3, -0.25) is 5.01 Å². The van der Waals surface area contributed by atoms with Crippen molar-refractivity contribution in [1.82, 2.24) is 5.01 Å². The van der Waals surface area contributed by atoms with Gasteiger partial charge in [-0.25, -0.2) is 0 Å². The Bertz CT molecular complexity index is 391. The van der Waals surface area contributed by atoms with Gasteiger partial charge in [-0.1, -0.05) is 37.3 Å². The monoisotopic (exact) mass is 260 g/mol. The van der Waals surface area contributed by atoms with E-state index in [4.69, 9.17) is 4.74 Å². The van der Waals surface area contributed by atoms with E-state index >= 15 is 0 Å². The fourth-order valence-corrected chi connectivity index (χ4v) is 2.57. The summed E-state index contributed by atoms with van der Waals surface area (Å²) in [6, 6.07) is 11.1. The third kappa shape index (κ3) is 4.35. The maximum absolute atomic E-state index is 5.24. The van der Waals surface area contributed by atoms with Crippen LogP contribution in [0.3, 0.4) is 0 Å². The van der Waals surface area contributed by atoms with Gasteiger partial charge >= 0.3 is 0 Å². The third-order valence-corrected chi connectivity index (χ3v) is 3.58. The molecule has 1 aliphatic rings. The van der Waals surface area contributed by atoms with Crippen LogP contribution in [-0.2, 0) is 11.2 Å². The van der Waals surface area contributed by atoms with E-state index in [1.807, 2.05) is 0 Å². The molecule has 1 aliphatic heterocycles. The molecule has 104 valence electrons. The first-order valence-electron chi connectivity index (χ1n) is 7.13. The number of benzene rings is 1. The van der Waals surface area contributed by atoms with Gasteiger partial charge in [0.2, 0.25) is 0 Å². The van der Waals surface area contributed by atoms with Crippen LogP contribution in [0.25, 0.3) is 0 Å². The summed E-state index contributed by atoms with van der Waals surface area (Å²) >= 11 is 0. The Balaban J connectivity index is 1.84. The van der Waals surface area contributed by atoms with Crippen LogP contribution in [0.4, 0.5) is 0 Å². The normalized spacial score (nSPS) is 21.2. The smallest absolute Gasteiger partial charge is 0.0704 e. The van der Waals surface area contributed by atoms with Crippen LogP contribution in [0.1, 0.15) is 25.3 Å². The van der Waals surface area contributed by atoms with Crippen molar-refractivity contribution in [2.24, 2.45) is 11.0 Å². The zero-order valence-electron chi connectivity index (χ0n) is 12.0. The van der Waals surface area contributed by atoms with E-state index in [-0.39, 0.29) is 0 Å². The molecule has 0 spiro atoms. The van der Waals surface area contributed by atoms with Gasteiger partial charge in [0.1, 0.15) is 0 Å². The average molecular weight is 260 g/mol. The van der Waals surface area contributed by atoms with Crippen molar-refractivity contribution in [3.8, 4) is 0 Å². The van der Waals surface area contributed by atoms with E-state index in [2.05, 4.69) is 53.6 Å². The molecule has 0 bridgehead atoms. The fourth-order valence-electron chi connectivity index (χ4n) is 2.57. The molecule has 1 saturated heterocycles. The maximum Gasteiger partial charge on any atom is 0.0704 e. The zero-order chi connectivity index (χ0) is 13.5. The average Bonchev–Trinajstić information content (AvgIpc) is 2.85. The zero-order valence-corrected chi connectivity index (χ0v) is 12.0. The van der Waals surface area contributed by atoms with E-state index in [0.29, 0.717) is 12.0 Å². The molecular weight excluding hydrogens is 236 g/mol. The number of hydrogen-bond acceptors (Lipinski definition) is 3. The van der Waals surface area contributed by atoms with Gasteiger partial charge in [0, 0.05) is 19.9 Å². The number of methoxy groups -OCH3 is 1. The minimum Gasteiger partial charge on any atom is -0.382 e. The molecule has 19 heavy (non-hydrogen) atoms. The second-order valence-electron chi connectivity index (χ2n) is 5.35. The summed E-state index contributed by atoms with van der Waals surface area (Å²) in [6.07, 6.45) is 5.55. The lowest BCUT2D eigenvalue weighted by Gasteiger charge is -2.21. The highest BCUT2D eigenvalue weighted by molar-refractivity contribution is 5.60. The minimum atomic E-state index is 0.463. The lowest BCUT2D eigenvalue weighted by Crippen LogP contribution is -2.28. The molecule has 1 heterocycles. The van der Waals surface area contributed by atoms with Crippen LogP contribution in [0.2, 0.25) is 0 Å². The van der Waals surface area contributed by atoms with Crippen LogP contribution < -0.4 is 0 Å². The lowest BCUT2D eigenvalue weighted by atomic mass is 10.0. The molecule has 0 radical (unpaired) electrons. The first-order valence-corrected chi connectivity index (χ1v) is 7.13. The van der Waals surface area contributed by atoms with Crippen LogP contribution in [-0.4, -0.2) is 37.5 Å². The number of hydrogen-bond donors (Lipinski definition) is 0. The van der Waals surface area contributed by atoms with Gasteiger partial charge < -0.3 is 4.74 Å². The summed E-state index contributed by atoms with van der Waals surface area (Å²) in [4.78, 5) is 0. The number of nitrogens with zero attached hydrogens (tertiary/aromatic N) is 2. The van der Waals surface area contributed by atoms with Crippen molar-refractivity contribution in [1.29, 1.82) is 0 Å². The predicted molar refractivity (Wildman–Crippen MR) is 79.4 cm³/mol. The number of ether oxygens (including phenoxy) is 1. The minimum absolute atomic E-state index is 0.463. The molecule has 0 aliphatic carbocycles. The first kappa shape index (κ1) is 14.1. The molecule has 2 rings (SSSR count). The van der Waals surface area contributed by atoms with Crippen molar-refractivity contribution >= 4 is 6.21 Å². The maximum atomic E-state index is 5.24. The van der Waals surface area contributed by atoms with Gasteiger partial charge in [0.05, 0.1) is 12.6 Å². The second kappa shape index (κ2) is 7.29. The molecule has 3 heteroatoms. The Labute approximate surface area is 116 Å². The van der Waals surface area contributed by atoms with Crippen molar-refractivity contribution in [2.45, 2.75) is 32.2 Å². The summed E-state index contributed by atoms with van der Waals surface area (Å²) in [6.45, 7) is 4.06.